The molecular weight excluding hydrogens is 128 g/mol. The zero-order chi connectivity index (χ0) is 7.78. The van der Waals surface area contributed by atoms with E-state index >= 15 is 0 Å². The van der Waals surface area contributed by atoms with Gasteiger partial charge in [-0.05, 0) is 6.42 Å². The SMILES string of the molecule is CC1(C)CCC(=[N+]=[N-])C1=O. The van der Waals surface area contributed by atoms with E-state index in [4.69, 9.17) is 5.53 Å². The number of rotatable bonds is 0. The maximum Gasteiger partial charge on any atom is 0.335 e. The largest absolute Gasteiger partial charge is 0.361 e. The summed E-state index contributed by atoms with van der Waals surface area (Å²) in [5, 5.41) is 0. The lowest BCUT2D eigenvalue weighted by Crippen LogP contribution is -2.21. The first-order chi connectivity index (χ1) is 4.58. The summed E-state index contributed by atoms with van der Waals surface area (Å²) in [6.07, 6.45) is 1.41. The van der Waals surface area contributed by atoms with Gasteiger partial charge >= 0.3 is 5.71 Å². The van der Waals surface area contributed by atoms with Crippen LogP contribution in [0.15, 0.2) is 0 Å². The van der Waals surface area contributed by atoms with Gasteiger partial charge in [0.15, 0.2) is 0 Å². The number of nitrogens with zero attached hydrogens (tertiary/aromatic N) is 2. The second-order valence-electron chi connectivity index (χ2n) is 3.26. The molecule has 0 aromatic carbocycles. The Labute approximate surface area is 59.7 Å². The Balaban J connectivity index is 2.99. The molecule has 54 valence electrons. The number of hydrogen-bond acceptors (Lipinski definition) is 1. The van der Waals surface area contributed by atoms with E-state index in [-0.39, 0.29) is 11.2 Å². The monoisotopic (exact) mass is 138 g/mol. The minimum Gasteiger partial charge on any atom is -0.361 e. The van der Waals surface area contributed by atoms with Crippen LogP contribution >= 0.6 is 0 Å². The smallest absolute Gasteiger partial charge is 0.335 e. The quantitative estimate of drug-likeness (QED) is 0.364. The fraction of sp³-hybridized carbons (Fsp3) is 0.714. The molecule has 0 aromatic heterocycles. The fourth-order valence-electron chi connectivity index (χ4n) is 1.14. The Morgan fingerprint density at radius 3 is 2.40 bits per heavy atom. The Bertz CT molecular complexity index is 224. The van der Waals surface area contributed by atoms with Gasteiger partial charge in [0.2, 0.25) is 5.78 Å². The summed E-state index contributed by atoms with van der Waals surface area (Å²) >= 11 is 0. The minimum atomic E-state index is -0.304. The molecule has 0 N–H and O–H groups in total. The lowest BCUT2D eigenvalue weighted by atomic mass is 9.91. The summed E-state index contributed by atoms with van der Waals surface area (Å²) in [4.78, 5) is 14.1. The fourth-order valence-corrected chi connectivity index (χ4v) is 1.14. The van der Waals surface area contributed by atoms with Crippen molar-refractivity contribution in [2.75, 3.05) is 0 Å². The van der Waals surface area contributed by atoms with E-state index in [9.17, 15) is 4.79 Å². The minimum absolute atomic E-state index is 0.0185. The predicted molar refractivity (Wildman–Crippen MR) is 36.6 cm³/mol. The number of ketones is 1. The van der Waals surface area contributed by atoms with Crippen molar-refractivity contribution in [1.82, 2.24) is 0 Å². The molecule has 0 spiro atoms. The molecule has 1 aliphatic carbocycles. The van der Waals surface area contributed by atoms with E-state index in [1.165, 1.54) is 0 Å². The molecule has 0 bridgehead atoms. The molecule has 1 rings (SSSR count). The van der Waals surface area contributed by atoms with Gasteiger partial charge in [-0.25, -0.2) is 0 Å². The molecule has 0 aliphatic heterocycles. The highest BCUT2D eigenvalue weighted by Gasteiger charge is 2.43. The van der Waals surface area contributed by atoms with E-state index in [1.807, 2.05) is 13.8 Å². The van der Waals surface area contributed by atoms with E-state index < -0.39 is 0 Å². The standard InChI is InChI=1S/C7H10N2O/c1-7(2)4-3-5(9-8)6(7)10/h3-4H2,1-2H3. The molecule has 10 heavy (non-hydrogen) atoms. The van der Waals surface area contributed by atoms with Crippen LogP contribution in [0.2, 0.25) is 0 Å². The van der Waals surface area contributed by atoms with Crippen molar-refractivity contribution in [3.05, 3.63) is 5.53 Å². The van der Waals surface area contributed by atoms with Gasteiger partial charge in [-0.1, -0.05) is 13.8 Å². The molecule has 3 nitrogen and oxygen atoms in total. The number of carbonyl (C=O) groups excluding carboxylic acids is 1. The first-order valence-corrected chi connectivity index (χ1v) is 3.33. The van der Waals surface area contributed by atoms with Crippen LogP contribution in [0.25, 0.3) is 5.53 Å². The lowest BCUT2D eigenvalue weighted by molar-refractivity contribution is -0.122. The topological polar surface area (TPSA) is 53.5 Å². The summed E-state index contributed by atoms with van der Waals surface area (Å²) < 4.78 is 0. The van der Waals surface area contributed by atoms with Crippen LogP contribution in [0.1, 0.15) is 26.7 Å². The third kappa shape index (κ3) is 0.888. The zero-order valence-electron chi connectivity index (χ0n) is 6.22. The summed E-state index contributed by atoms with van der Waals surface area (Å²) in [5.74, 6) is -0.0185. The third-order valence-electron chi connectivity index (χ3n) is 1.98. The highest BCUT2D eigenvalue weighted by molar-refractivity contribution is 6.41. The molecule has 0 unspecified atom stereocenters. The maximum atomic E-state index is 11.2. The van der Waals surface area contributed by atoms with Gasteiger partial charge in [-0.2, -0.15) is 4.79 Å². The van der Waals surface area contributed by atoms with E-state index in [2.05, 4.69) is 4.79 Å². The molecule has 0 atom stereocenters. The first kappa shape index (κ1) is 7.16. The Morgan fingerprint density at radius 2 is 2.20 bits per heavy atom. The molecule has 3 heteroatoms. The van der Waals surface area contributed by atoms with E-state index in [0.717, 1.165) is 6.42 Å². The zero-order valence-corrected chi connectivity index (χ0v) is 6.22. The maximum absolute atomic E-state index is 11.2. The normalized spacial score (nSPS) is 23.0. The molecule has 0 radical (unpaired) electrons. The van der Waals surface area contributed by atoms with Crippen molar-refractivity contribution in [1.29, 1.82) is 0 Å². The van der Waals surface area contributed by atoms with Crippen molar-refractivity contribution < 1.29 is 9.58 Å². The molecule has 0 aromatic rings. The Kier molecular flexibility index (Phi) is 1.45. The second kappa shape index (κ2) is 2.03. The summed E-state index contributed by atoms with van der Waals surface area (Å²) in [5.41, 5.74) is 8.36. The molecular formula is C7H10N2O. The average molecular weight is 138 g/mol. The second-order valence-corrected chi connectivity index (χ2v) is 3.26. The molecule has 0 heterocycles. The summed E-state index contributed by atoms with van der Waals surface area (Å²) in [7, 11) is 0. The number of carbonyl (C=O) groups is 1. The van der Waals surface area contributed by atoms with Crippen LogP contribution in [-0.2, 0) is 4.79 Å². The van der Waals surface area contributed by atoms with Crippen molar-refractivity contribution in [2.45, 2.75) is 26.7 Å². The van der Waals surface area contributed by atoms with Gasteiger partial charge in [0.1, 0.15) is 0 Å². The predicted octanol–water partition coefficient (Wildman–Crippen LogP) is 1.05. The highest BCUT2D eigenvalue weighted by atomic mass is 16.1. The van der Waals surface area contributed by atoms with E-state index in [0.29, 0.717) is 12.1 Å². The first-order valence-electron chi connectivity index (χ1n) is 3.33. The van der Waals surface area contributed by atoms with Crippen molar-refractivity contribution in [3.63, 3.8) is 0 Å². The third-order valence-corrected chi connectivity index (χ3v) is 1.98. The van der Waals surface area contributed by atoms with Gasteiger partial charge in [0, 0.05) is 5.41 Å². The van der Waals surface area contributed by atoms with Crippen LogP contribution in [0, 0.1) is 5.41 Å². The van der Waals surface area contributed by atoms with E-state index in [1.54, 1.807) is 0 Å². The molecule has 0 saturated heterocycles. The van der Waals surface area contributed by atoms with Crippen LogP contribution in [0.4, 0.5) is 0 Å². The molecule has 1 saturated carbocycles. The van der Waals surface area contributed by atoms with Gasteiger partial charge in [-0.3, -0.25) is 4.79 Å². The van der Waals surface area contributed by atoms with Crippen LogP contribution in [-0.4, -0.2) is 16.3 Å². The Hall–Kier alpha value is -0.950. The van der Waals surface area contributed by atoms with Crippen molar-refractivity contribution >= 4 is 11.5 Å². The number of Topliss-reactive ketones (excluding diaryl/α,β-unsaturated/α-hetero) is 1. The van der Waals surface area contributed by atoms with Crippen molar-refractivity contribution in [3.8, 4) is 0 Å². The van der Waals surface area contributed by atoms with Crippen molar-refractivity contribution in [2.24, 2.45) is 5.41 Å². The Morgan fingerprint density at radius 1 is 1.60 bits per heavy atom. The molecule has 0 amide bonds. The van der Waals surface area contributed by atoms with Gasteiger partial charge in [-0.15, -0.1) is 0 Å². The summed E-state index contributed by atoms with van der Waals surface area (Å²) in [6.45, 7) is 3.74. The van der Waals surface area contributed by atoms with Crippen LogP contribution in [0.3, 0.4) is 0 Å². The van der Waals surface area contributed by atoms with Crippen LogP contribution < -0.4 is 0 Å². The number of hydrogen-bond donors (Lipinski definition) is 0. The highest BCUT2D eigenvalue weighted by Crippen LogP contribution is 2.30. The average Bonchev–Trinajstić information content (AvgIpc) is 2.10. The summed E-state index contributed by atoms with van der Waals surface area (Å²) in [6, 6.07) is 0. The van der Waals surface area contributed by atoms with Crippen LogP contribution in [0.5, 0.6) is 0 Å². The van der Waals surface area contributed by atoms with Gasteiger partial charge in [0.25, 0.3) is 0 Å². The van der Waals surface area contributed by atoms with Gasteiger partial charge < -0.3 is 5.53 Å². The lowest BCUT2D eigenvalue weighted by Gasteiger charge is -2.09. The molecule has 1 aliphatic rings. The van der Waals surface area contributed by atoms with Gasteiger partial charge in [0.05, 0.1) is 6.42 Å². The molecule has 1 fully saturated rings.